The highest BCUT2D eigenvalue weighted by atomic mass is 127. The molecule has 0 spiro atoms. The maximum atomic E-state index is 6.05. The molecule has 5 heteroatoms. The van der Waals surface area contributed by atoms with E-state index >= 15 is 0 Å². The van der Waals surface area contributed by atoms with E-state index in [1.165, 1.54) is 35.7 Å². The number of hydrogen-bond donors (Lipinski definition) is 2. The Morgan fingerprint density at radius 2 is 2.04 bits per heavy atom. The third-order valence-electron chi connectivity index (χ3n) is 4.72. The summed E-state index contributed by atoms with van der Waals surface area (Å²) < 4.78 is 0. The van der Waals surface area contributed by atoms with Gasteiger partial charge in [0.1, 0.15) is 0 Å². The summed E-state index contributed by atoms with van der Waals surface area (Å²) in [6.07, 6.45) is 2.53. The van der Waals surface area contributed by atoms with Crippen molar-refractivity contribution in [2.45, 2.75) is 32.4 Å². The van der Waals surface area contributed by atoms with Gasteiger partial charge in [-0.05, 0) is 42.3 Å². The van der Waals surface area contributed by atoms with Crippen LogP contribution in [0.25, 0.3) is 10.8 Å². The van der Waals surface area contributed by atoms with Gasteiger partial charge < -0.3 is 11.1 Å². The molecule has 0 aliphatic carbocycles. The molecule has 1 fully saturated rings. The number of rotatable bonds is 5. The molecule has 1 saturated heterocycles. The van der Waals surface area contributed by atoms with Crippen LogP contribution in [0.5, 0.6) is 0 Å². The maximum absolute atomic E-state index is 6.05. The van der Waals surface area contributed by atoms with Crippen LogP contribution < -0.4 is 11.1 Å². The van der Waals surface area contributed by atoms with Gasteiger partial charge in [0.2, 0.25) is 0 Å². The van der Waals surface area contributed by atoms with Gasteiger partial charge in [-0.3, -0.25) is 4.90 Å². The summed E-state index contributed by atoms with van der Waals surface area (Å²) >= 11 is 0. The van der Waals surface area contributed by atoms with Gasteiger partial charge in [0.05, 0.1) is 6.54 Å². The lowest BCUT2D eigenvalue weighted by Gasteiger charge is -2.23. The van der Waals surface area contributed by atoms with E-state index in [4.69, 9.17) is 5.73 Å². The van der Waals surface area contributed by atoms with Crippen LogP contribution in [0.15, 0.2) is 47.5 Å². The van der Waals surface area contributed by atoms with Gasteiger partial charge in [0.15, 0.2) is 5.96 Å². The van der Waals surface area contributed by atoms with E-state index in [1.54, 1.807) is 0 Å². The van der Waals surface area contributed by atoms with E-state index in [0.717, 1.165) is 13.1 Å². The predicted octanol–water partition coefficient (Wildman–Crippen LogP) is 3.35. The Bertz CT molecular complexity index is 681. The normalized spacial score (nSPS) is 18.5. The van der Waals surface area contributed by atoms with Gasteiger partial charge in [0.25, 0.3) is 0 Å². The topological polar surface area (TPSA) is 53.6 Å². The molecule has 1 atom stereocenters. The number of fused-ring (bicyclic) bond motifs is 1. The van der Waals surface area contributed by atoms with Crippen molar-refractivity contribution in [3.8, 4) is 0 Å². The summed E-state index contributed by atoms with van der Waals surface area (Å²) in [5, 5.41) is 5.79. The van der Waals surface area contributed by atoms with Crippen LogP contribution in [-0.2, 0) is 6.54 Å². The molecule has 3 N–H and O–H groups in total. The second kappa shape index (κ2) is 9.22. The summed E-state index contributed by atoms with van der Waals surface area (Å²) in [5.74, 6) is 0.542. The minimum Gasteiger partial charge on any atom is -0.370 e. The smallest absolute Gasteiger partial charge is 0.188 e. The number of nitrogens with one attached hydrogen (secondary N) is 1. The molecule has 2 aromatic carbocycles. The first-order valence-corrected chi connectivity index (χ1v) is 8.52. The lowest BCUT2D eigenvalue weighted by atomic mass is 10.1. The third kappa shape index (κ3) is 4.60. The predicted molar refractivity (Wildman–Crippen MR) is 113 cm³/mol. The number of hydrogen-bond acceptors (Lipinski definition) is 2. The Morgan fingerprint density at radius 1 is 1.25 bits per heavy atom. The molecule has 3 rings (SSSR count). The quantitative estimate of drug-likeness (QED) is 0.428. The fourth-order valence-electron chi connectivity index (χ4n) is 3.42. The molecule has 130 valence electrons. The minimum absolute atomic E-state index is 0. The molecular formula is C19H27IN4. The molecule has 1 aliphatic rings. The van der Waals surface area contributed by atoms with Gasteiger partial charge in [0, 0.05) is 12.6 Å². The second-order valence-electron chi connectivity index (χ2n) is 6.15. The van der Waals surface area contributed by atoms with Gasteiger partial charge in [-0.1, -0.05) is 49.4 Å². The number of likely N-dealkylation sites (tertiary alicyclic amines) is 1. The first-order valence-electron chi connectivity index (χ1n) is 8.52. The monoisotopic (exact) mass is 438 g/mol. The zero-order valence-corrected chi connectivity index (χ0v) is 16.6. The molecule has 1 heterocycles. The van der Waals surface area contributed by atoms with E-state index in [1.807, 2.05) is 0 Å². The van der Waals surface area contributed by atoms with Crippen molar-refractivity contribution < 1.29 is 0 Å². The minimum atomic E-state index is 0. The first kappa shape index (κ1) is 19.0. The Balaban J connectivity index is 0.00000208. The number of benzene rings is 2. The largest absolute Gasteiger partial charge is 0.370 e. The summed E-state index contributed by atoms with van der Waals surface area (Å²) in [4.78, 5) is 7.03. The van der Waals surface area contributed by atoms with Crippen molar-refractivity contribution in [3.63, 3.8) is 0 Å². The highest BCUT2D eigenvalue weighted by Crippen LogP contribution is 2.19. The Hall–Kier alpha value is -1.34. The number of guanidine groups is 1. The van der Waals surface area contributed by atoms with Crippen LogP contribution in [0.1, 0.15) is 25.3 Å². The van der Waals surface area contributed by atoms with Crippen molar-refractivity contribution >= 4 is 40.7 Å². The fourth-order valence-corrected chi connectivity index (χ4v) is 3.42. The maximum Gasteiger partial charge on any atom is 0.188 e. The van der Waals surface area contributed by atoms with Gasteiger partial charge in [-0.2, -0.15) is 0 Å². The van der Waals surface area contributed by atoms with E-state index in [0.29, 0.717) is 18.5 Å². The second-order valence-corrected chi connectivity index (χ2v) is 6.15. The first-order chi connectivity index (χ1) is 11.3. The highest BCUT2D eigenvalue weighted by Gasteiger charge is 2.22. The average Bonchev–Trinajstić information content (AvgIpc) is 3.05. The molecular weight excluding hydrogens is 411 g/mol. The van der Waals surface area contributed by atoms with E-state index in [9.17, 15) is 0 Å². The molecule has 0 saturated carbocycles. The Kier molecular flexibility index (Phi) is 7.30. The number of aliphatic imine (C=N–C) groups is 1. The van der Waals surface area contributed by atoms with Crippen LogP contribution >= 0.6 is 24.0 Å². The van der Waals surface area contributed by atoms with Crippen LogP contribution in [0.2, 0.25) is 0 Å². The molecule has 2 aromatic rings. The van der Waals surface area contributed by atoms with Crippen molar-refractivity contribution in [3.05, 3.63) is 48.0 Å². The van der Waals surface area contributed by atoms with E-state index in [-0.39, 0.29) is 24.0 Å². The molecule has 0 aromatic heterocycles. The molecule has 1 unspecified atom stereocenters. The average molecular weight is 438 g/mol. The van der Waals surface area contributed by atoms with Gasteiger partial charge >= 0.3 is 0 Å². The van der Waals surface area contributed by atoms with Crippen LogP contribution in [0.4, 0.5) is 0 Å². The van der Waals surface area contributed by atoms with Crippen LogP contribution in [-0.4, -0.2) is 36.5 Å². The van der Waals surface area contributed by atoms with Gasteiger partial charge in [-0.25, -0.2) is 4.99 Å². The lowest BCUT2D eigenvalue weighted by Crippen LogP contribution is -2.42. The molecule has 0 bridgehead atoms. The van der Waals surface area contributed by atoms with Gasteiger partial charge in [-0.15, -0.1) is 24.0 Å². The highest BCUT2D eigenvalue weighted by molar-refractivity contribution is 14.0. The third-order valence-corrected chi connectivity index (χ3v) is 4.72. The van der Waals surface area contributed by atoms with Crippen LogP contribution in [0.3, 0.4) is 0 Å². The molecule has 0 radical (unpaired) electrons. The zero-order chi connectivity index (χ0) is 16.1. The summed E-state index contributed by atoms with van der Waals surface area (Å²) in [6.45, 7) is 6.03. The zero-order valence-electron chi connectivity index (χ0n) is 14.2. The number of nitrogens with zero attached hydrogens (tertiary/aromatic N) is 2. The van der Waals surface area contributed by atoms with E-state index < -0.39 is 0 Å². The SMILES string of the molecule is CCN1CCCC1CNC(N)=NCc1cccc2ccccc12.I. The lowest BCUT2D eigenvalue weighted by molar-refractivity contribution is 0.267. The summed E-state index contributed by atoms with van der Waals surface area (Å²) in [6, 6.07) is 15.3. The Labute approximate surface area is 161 Å². The summed E-state index contributed by atoms with van der Waals surface area (Å²) in [5.41, 5.74) is 7.26. The molecule has 24 heavy (non-hydrogen) atoms. The van der Waals surface area contributed by atoms with Crippen molar-refractivity contribution in [1.29, 1.82) is 0 Å². The Morgan fingerprint density at radius 3 is 2.88 bits per heavy atom. The van der Waals surface area contributed by atoms with Crippen molar-refractivity contribution in [1.82, 2.24) is 10.2 Å². The number of likely N-dealkylation sites (N-methyl/N-ethyl adjacent to an activating group) is 1. The standard InChI is InChI=1S/C19H26N4.HI/c1-2-23-12-6-10-17(23)14-22-19(20)21-13-16-9-5-8-15-7-3-4-11-18(15)16;/h3-5,7-9,11,17H,2,6,10,12-14H2,1H3,(H3,20,21,22);1H. The fraction of sp³-hybridized carbons (Fsp3) is 0.421. The molecule has 0 amide bonds. The molecule has 1 aliphatic heterocycles. The summed E-state index contributed by atoms with van der Waals surface area (Å²) in [7, 11) is 0. The molecule has 4 nitrogen and oxygen atoms in total. The number of nitrogens with two attached hydrogens (primary N) is 1. The number of halogens is 1. The van der Waals surface area contributed by atoms with Crippen molar-refractivity contribution in [2.75, 3.05) is 19.6 Å². The van der Waals surface area contributed by atoms with Crippen molar-refractivity contribution in [2.24, 2.45) is 10.7 Å². The van der Waals surface area contributed by atoms with E-state index in [2.05, 4.69) is 64.6 Å². The van der Waals surface area contributed by atoms with Crippen LogP contribution in [0, 0.1) is 0 Å².